The van der Waals surface area contributed by atoms with Crippen molar-refractivity contribution in [1.29, 1.82) is 0 Å². The summed E-state index contributed by atoms with van der Waals surface area (Å²) in [7, 11) is 1.61. The molecule has 7 heteroatoms. The van der Waals surface area contributed by atoms with Crippen molar-refractivity contribution < 1.29 is 9.53 Å². The lowest BCUT2D eigenvalue weighted by molar-refractivity contribution is -0.121. The van der Waals surface area contributed by atoms with Crippen molar-refractivity contribution in [3.63, 3.8) is 0 Å². The minimum absolute atomic E-state index is 0.0115. The zero-order chi connectivity index (χ0) is 18.7. The van der Waals surface area contributed by atoms with Gasteiger partial charge in [0.25, 0.3) is 5.56 Å². The van der Waals surface area contributed by atoms with Gasteiger partial charge < -0.3 is 10.1 Å². The fourth-order valence-corrected chi connectivity index (χ4v) is 4.39. The molecule has 0 radical (unpaired) electrons. The van der Waals surface area contributed by atoms with Gasteiger partial charge in [-0.15, -0.1) is 0 Å². The van der Waals surface area contributed by atoms with Crippen molar-refractivity contribution in [1.82, 2.24) is 14.9 Å². The maximum Gasteiger partial charge on any atom is 0.257 e. The lowest BCUT2D eigenvalue weighted by Gasteiger charge is -2.15. The fraction of sp³-hybridized carbons (Fsp3) is 0.421. The van der Waals surface area contributed by atoms with Crippen molar-refractivity contribution in [3.05, 3.63) is 51.4 Å². The van der Waals surface area contributed by atoms with E-state index >= 15 is 0 Å². The zero-order valence-corrected chi connectivity index (χ0v) is 16.1. The Morgan fingerprint density at radius 2 is 2.19 bits per heavy atom. The van der Waals surface area contributed by atoms with E-state index in [2.05, 4.69) is 10.3 Å². The average Bonchev–Trinajstić information content (AvgIpc) is 3.03. The molecule has 0 saturated carbocycles. The molecule has 138 valence electrons. The summed E-state index contributed by atoms with van der Waals surface area (Å²) in [6, 6.07) is 7.44. The van der Waals surface area contributed by atoms with Gasteiger partial charge in [-0.05, 0) is 19.4 Å². The van der Waals surface area contributed by atoms with E-state index in [0.29, 0.717) is 23.9 Å². The molecule has 1 amide bonds. The van der Waals surface area contributed by atoms with Crippen LogP contribution in [0.15, 0.2) is 34.2 Å². The molecule has 1 aliphatic rings. The number of hydrogen-bond acceptors (Lipinski definition) is 5. The molecular formula is C19H23N3O3S. The van der Waals surface area contributed by atoms with E-state index in [1.807, 2.05) is 38.1 Å². The predicted octanol–water partition coefficient (Wildman–Crippen LogP) is 2.48. The van der Waals surface area contributed by atoms with Crippen LogP contribution in [0, 0.1) is 6.92 Å². The molecule has 2 aromatic rings. The number of rotatable bonds is 6. The highest BCUT2D eigenvalue weighted by atomic mass is 32.2. The number of benzene rings is 1. The van der Waals surface area contributed by atoms with Crippen molar-refractivity contribution in [2.24, 2.45) is 0 Å². The fourth-order valence-electron chi connectivity index (χ4n) is 3.21. The molecule has 0 aliphatic carbocycles. The Morgan fingerprint density at radius 1 is 1.42 bits per heavy atom. The predicted molar refractivity (Wildman–Crippen MR) is 102 cm³/mol. The van der Waals surface area contributed by atoms with Gasteiger partial charge >= 0.3 is 0 Å². The Balaban J connectivity index is 1.70. The number of para-hydroxylation sites is 1. The molecule has 1 N–H and O–H groups in total. The van der Waals surface area contributed by atoms with Gasteiger partial charge in [0.15, 0.2) is 5.16 Å². The van der Waals surface area contributed by atoms with E-state index in [9.17, 15) is 9.59 Å². The quantitative estimate of drug-likeness (QED) is 0.788. The van der Waals surface area contributed by atoms with E-state index in [-0.39, 0.29) is 23.9 Å². The summed E-state index contributed by atoms with van der Waals surface area (Å²) < 4.78 is 7.00. The first-order valence-electron chi connectivity index (χ1n) is 8.68. The lowest BCUT2D eigenvalue weighted by Crippen LogP contribution is -2.32. The van der Waals surface area contributed by atoms with Crippen LogP contribution in [-0.4, -0.2) is 28.3 Å². The van der Waals surface area contributed by atoms with Crippen LogP contribution in [-0.2, 0) is 17.8 Å². The van der Waals surface area contributed by atoms with Gasteiger partial charge in [-0.25, -0.2) is 4.98 Å². The number of aryl methyl sites for hydroxylation is 1. The highest BCUT2D eigenvalue weighted by Gasteiger charge is 2.28. The second kappa shape index (κ2) is 7.95. The number of methoxy groups -OCH3 is 1. The Kier molecular flexibility index (Phi) is 5.66. The van der Waals surface area contributed by atoms with Crippen LogP contribution < -0.4 is 15.6 Å². The van der Waals surface area contributed by atoms with Gasteiger partial charge in [-0.1, -0.05) is 36.9 Å². The number of nitrogens with zero attached hydrogens (tertiary/aromatic N) is 2. The topological polar surface area (TPSA) is 73.2 Å². The minimum Gasteiger partial charge on any atom is -0.496 e. The monoisotopic (exact) mass is 373 g/mol. The number of thioether (sulfide) groups is 1. The number of hydrogen-bond donors (Lipinski definition) is 1. The standard InChI is InChI=1S/C19H23N3O3S/c1-4-15-12(2)21-19-22(18(15)24)14(11-26-19)9-17(23)20-10-13-7-5-6-8-16(13)25-3/h5-8,14H,4,9-11H2,1-3H3,(H,20,23). The number of carbonyl (C=O) groups excluding carboxylic acids is 1. The van der Waals surface area contributed by atoms with E-state index in [1.165, 1.54) is 11.8 Å². The van der Waals surface area contributed by atoms with E-state index in [0.717, 1.165) is 22.6 Å². The maximum atomic E-state index is 12.7. The molecule has 6 nitrogen and oxygen atoms in total. The van der Waals surface area contributed by atoms with Gasteiger partial charge in [-0.2, -0.15) is 0 Å². The minimum atomic E-state index is -0.154. The molecule has 3 rings (SSSR count). The summed E-state index contributed by atoms with van der Waals surface area (Å²) in [6.45, 7) is 4.22. The van der Waals surface area contributed by atoms with E-state index in [4.69, 9.17) is 4.74 Å². The molecule has 2 heterocycles. The third-order valence-corrected chi connectivity index (χ3v) is 5.69. The first-order valence-corrected chi connectivity index (χ1v) is 9.67. The summed E-state index contributed by atoms with van der Waals surface area (Å²) in [6.07, 6.45) is 0.915. The SMILES string of the molecule is CCc1c(C)nc2n(c1=O)C(CC(=O)NCc1ccccc1OC)CS2. The number of fused-ring (bicyclic) bond motifs is 1. The number of carbonyl (C=O) groups is 1. The Morgan fingerprint density at radius 3 is 2.92 bits per heavy atom. The normalized spacial score (nSPS) is 15.6. The molecule has 1 unspecified atom stereocenters. The number of aromatic nitrogens is 2. The first kappa shape index (κ1) is 18.5. The van der Waals surface area contributed by atoms with Crippen LogP contribution in [0.2, 0.25) is 0 Å². The third-order valence-electron chi connectivity index (χ3n) is 4.60. The van der Waals surface area contributed by atoms with Crippen LogP contribution in [0.5, 0.6) is 5.75 Å². The smallest absolute Gasteiger partial charge is 0.257 e. The number of nitrogens with one attached hydrogen (secondary N) is 1. The molecular weight excluding hydrogens is 350 g/mol. The van der Waals surface area contributed by atoms with Gasteiger partial charge in [0.1, 0.15) is 5.75 Å². The van der Waals surface area contributed by atoms with Crippen LogP contribution in [0.25, 0.3) is 0 Å². The first-order chi connectivity index (χ1) is 12.5. The summed E-state index contributed by atoms with van der Waals surface area (Å²) in [5, 5.41) is 3.64. The lowest BCUT2D eigenvalue weighted by atomic mass is 10.1. The van der Waals surface area contributed by atoms with Gasteiger partial charge in [0, 0.05) is 35.5 Å². The molecule has 26 heavy (non-hydrogen) atoms. The Labute approximate surface area is 157 Å². The van der Waals surface area contributed by atoms with Crippen LogP contribution in [0.1, 0.15) is 36.2 Å². The summed E-state index contributed by atoms with van der Waals surface area (Å²) in [4.78, 5) is 29.7. The molecule has 0 fully saturated rings. The van der Waals surface area contributed by atoms with Crippen molar-refractivity contribution in [3.8, 4) is 5.75 Å². The van der Waals surface area contributed by atoms with E-state index < -0.39 is 0 Å². The summed E-state index contributed by atoms with van der Waals surface area (Å²) >= 11 is 1.54. The molecule has 1 atom stereocenters. The summed E-state index contributed by atoms with van der Waals surface area (Å²) in [5.74, 6) is 1.36. The highest BCUT2D eigenvalue weighted by Crippen LogP contribution is 2.32. The van der Waals surface area contributed by atoms with Crippen LogP contribution in [0.3, 0.4) is 0 Å². The van der Waals surface area contributed by atoms with Gasteiger partial charge in [0.2, 0.25) is 5.91 Å². The van der Waals surface area contributed by atoms with Crippen molar-refractivity contribution >= 4 is 17.7 Å². The average molecular weight is 373 g/mol. The molecule has 1 aromatic carbocycles. The number of ether oxygens (including phenoxy) is 1. The van der Waals surface area contributed by atoms with Crippen LogP contribution in [0.4, 0.5) is 0 Å². The Bertz CT molecular complexity index is 879. The Hall–Kier alpha value is -2.28. The highest BCUT2D eigenvalue weighted by molar-refractivity contribution is 7.99. The number of amides is 1. The molecule has 0 bridgehead atoms. The third kappa shape index (κ3) is 3.62. The largest absolute Gasteiger partial charge is 0.496 e. The van der Waals surface area contributed by atoms with E-state index in [1.54, 1.807) is 11.7 Å². The van der Waals surface area contributed by atoms with Crippen LogP contribution >= 0.6 is 11.8 Å². The van der Waals surface area contributed by atoms with Crippen molar-refractivity contribution in [2.75, 3.05) is 12.9 Å². The van der Waals surface area contributed by atoms with Crippen molar-refractivity contribution in [2.45, 2.75) is 44.4 Å². The second-order valence-corrected chi connectivity index (χ2v) is 7.23. The maximum absolute atomic E-state index is 12.7. The zero-order valence-electron chi connectivity index (χ0n) is 15.2. The molecule has 1 aliphatic heterocycles. The second-order valence-electron chi connectivity index (χ2n) is 6.24. The molecule has 0 saturated heterocycles. The van der Waals surface area contributed by atoms with Gasteiger partial charge in [0.05, 0.1) is 13.2 Å². The molecule has 1 aromatic heterocycles. The summed E-state index contributed by atoms with van der Waals surface area (Å²) in [5.41, 5.74) is 2.43. The van der Waals surface area contributed by atoms with Gasteiger partial charge in [-0.3, -0.25) is 14.2 Å². The molecule has 0 spiro atoms.